The summed E-state index contributed by atoms with van der Waals surface area (Å²) in [5.41, 5.74) is 1.56. The number of ether oxygens (including phenoxy) is 4. The van der Waals surface area contributed by atoms with Crippen molar-refractivity contribution in [3.63, 3.8) is 0 Å². The normalized spacial score (nSPS) is 9.95. The monoisotopic (exact) mass is 518 g/mol. The highest BCUT2D eigenvalue weighted by Crippen LogP contribution is 2.42. The van der Waals surface area contributed by atoms with E-state index in [1.165, 1.54) is 36.4 Å². The second-order valence-electron chi connectivity index (χ2n) is 7.29. The lowest BCUT2D eigenvalue weighted by atomic mass is 9.97. The molecule has 9 heteroatoms. The molecule has 0 amide bonds. The van der Waals surface area contributed by atoms with Crippen LogP contribution in [0.4, 0.5) is 8.78 Å². The van der Waals surface area contributed by atoms with Gasteiger partial charge in [-0.25, -0.2) is 14.4 Å². The quantitative estimate of drug-likeness (QED) is 0.133. The molecule has 0 radical (unpaired) electrons. The Kier molecular flexibility index (Phi) is 9.04. The molecule has 3 rings (SSSR count). The van der Waals surface area contributed by atoms with E-state index in [2.05, 4.69) is 19.7 Å². The van der Waals surface area contributed by atoms with E-state index in [1.807, 2.05) is 0 Å². The van der Waals surface area contributed by atoms with E-state index in [4.69, 9.17) is 18.9 Å². The Morgan fingerprint density at radius 1 is 0.605 bits per heavy atom. The first-order valence-electron chi connectivity index (χ1n) is 10.8. The predicted molar refractivity (Wildman–Crippen MR) is 136 cm³/mol. The van der Waals surface area contributed by atoms with Crippen molar-refractivity contribution in [1.29, 1.82) is 0 Å². The summed E-state index contributed by atoms with van der Waals surface area (Å²) >= 11 is 0. The van der Waals surface area contributed by atoms with Crippen LogP contribution in [0.25, 0.3) is 22.3 Å². The van der Waals surface area contributed by atoms with E-state index in [1.54, 1.807) is 24.3 Å². The third-order valence-electron chi connectivity index (χ3n) is 4.83. The summed E-state index contributed by atoms with van der Waals surface area (Å²) in [4.78, 5) is 35.0. The average molecular weight is 518 g/mol. The van der Waals surface area contributed by atoms with Crippen LogP contribution in [0, 0.1) is 0 Å². The van der Waals surface area contributed by atoms with Crippen LogP contribution < -0.4 is 18.9 Å². The van der Waals surface area contributed by atoms with Gasteiger partial charge in [0.15, 0.2) is 6.26 Å². The molecule has 0 aliphatic rings. The zero-order valence-electron chi connectivity index (χ0n) is 19.8. The summed E-state index contributed by atoms with van der Waals surface area (Å²) in [7, 11) is 0. The third-order valence-corrected chi connectivity index (χ3v) is 4.83. The van der Waals surface area contributed by atoms with Crippen molar-refractivity contribution in [2.24, 2.45) is 0 Å². The number of hydrogen-bond acceptors (Lipinski definition) is 7. The topological polar surface area (TPSA) is 88.1 Å². The van der Waals surface area contributed by atoms with Crippen LogP contribution >= 0.6 is 0 Å². The molecule has 0 saturated carbocycles. The molecule has 0 N–H and O–H groups in total. The zero-order chi connectivity index (χ0) is 27.7. The lowest BCUT2D eigenvalue weighted by molar-refractivity contribution is -0.129. The van der Waals surface area contributed by atoms with Gasteiger partial charge in [0, 0.05) is 29.4 Å². The van der Waals surface area contributed by atoms with Gasteiger partial charge in [-0.15, -0.1) is 0 Å². The van der Waals surface area contributed by atoms with Gasteiger partial charge in [-0.05, 0) is 47.5 Å². The van der Waals surface area contributed by atoms with E-state index in [0.717, 1.165) is 18.2 Å². The molecule has 3 aromatic rings. The highest BCUT2D eigenvalue weighted by atomic mass is 19.3. The smallest absolute Gasteiger partial charge is 0.335 e. The van der Waals surface area contributed by atoms with Gasteiger partial charge in [0.2, 0.25) is 0 Å². The number of carbonyl (C=O) groups is 3. The van der Waals surface area contributed by atoms with Crippen molar-refractivity contribution in [1.82, 2.24) is 0 Å². The number of hydrogen-bond donors (Lipinski definition) is 0. The second kappa shape index (κ2) is 12.6. The molecule has 0 spiro atoms. The average Bonchev–Trinajstić information content (AvgIpc) is 2.92. The fourth-order valence-electron chi connectivity index (χ4n) is 3.17. The van der Waals surface area contributed by atoms with Gasteiger partial charge < -0.3 is 18.9 Å². The van der Waals surface area contributed by atoms with Gasteiger partial charge in [0.05, 0.1) is 0 Å². The summed E-state index contributed by atoms with van der Waals surface area (Å²) in [6.07, 6.45) is 1.19. The largest absolute Gasteiger partial charge is 0.459 e. The summed E-state index contributed by atoms with van der Waals surface area (Å²) in [5.74, 6) is -1.53. The van der Waals surface area contributed by atoms with Gasteiger partial charge >= 0.3 is 24.0 Å². The Morgan fingerprint density at radius 3 is 1.42 bits per heavy atom. The van der Waals surface area contributed by atoms with E-state index in [-0.39, 0.29) is 34.8 Å². The standard InChI is InChI=1S/C29H20F2O7/c1-4-27(32)36-20-11-7-18(8-12-20)22-16-25(38-29(34)6-3)23(15-24(22)35-17-26(30)31)19-9-13-21(14-10-19)37-28(33)5-2/h4-17H,1-3H2. The Labute approximate surface area is 216 Å². The molecule has 0 atom stereocenters. The Hall–Kier alpha value is -5.31. The Morgan fingerprint density at radius 2 is 1.00 bits per heavy atom. The van der Waals surface area contributed by atoms with Crippen molar-refractivity contribution in [2.75, 3.05) is 0 Å². The number of esters is 3. The lowest BCUT2D eigenvalue weighted by Crippen LogP contribution is -2.05. The molecule has 7 nitrogen and oxygen atoms in total. The third kappa shape index (κ3) is 7.11. The van der Waals surface area contributed by atoms with E-state index in [0.29, 0.717) is 16.7 Å². The summed E-state index contributed by atoms with van der Waals surface area (Å²) in [6, 6.07) is 15.1. The van der Waals surface area contributed by atoms with E-state index >= 15 is 0 Å². The molecule has 0 aliphatic heterocycles. The van der Waals surface area contributed by atoms with E-state index < -0.39 is 24.0 Å². The zero-order valence-corrected chi connectivity index (χ0v) is 19.8. The van der Waals surface area contributed by atoms with Crippen LogP contribution in [0.1, 0.15) is 0 Å². The van der Waals surface area contributed by atoms with Gasteiger partial charge in [0.25, 0.3) is 0 Å². The maximum absolute atomic E-state index is 12.9. The maximum atomic E-state index is 12.9. The molecule has 0 saturated heterocycles. The molecule has 0 bridgehead atoms. The minimum atomic E-state index is -2.07. The predicted octanol–water partition coefficient (Wildman–Crippen LogP) is 6.41. The highest BCUT2D eigenvalue weighted by Gasteiger charge is 2.18. The Bertz CT molecular complexity index is 1420. The van der Waals surface area contributed by atoms with Crippen LogP contribution in [0.15, 0.2) is 111 Å². The number of rotatable bonds is 10. The first-order valence-corrected chi connectivity index (χ1v) is 10.8. The van der Waals surface area contributed by atoms with Crippen molar-refractivity contribution in [2.45, 2.75) is 0 Å². The van der Waals surface area contributed by atoms with Crippen molar-refractivity contribution < 1.29 is 42.1 Å². The molecule has 0 fully saturated rings. The second-order valence-corrected chi connectivity index (χ2v) is 7.29. The van der Waals surface area contributed by atoms with Gasteiger partial charge in [-0.3, -0.25) is 0 Å². The molecular formula is C29H20F2O7. The van der Waals surface area contributed by atoms with Crippen LogP contribution in [-0.4, -0.2) is 17.9 Å². The molecular weight excluding hydrogens is 498 g/mol. The van der Waals surface area contributed by atoms with E-state index in [9.17, 15) is 23.2 Å². The fourth-order valence-corrected chi connectivity index (χ4v) is 3.17. The van der Waals surface area contributed by atoms with Crippen molar-refractivity contribution >= 4 is 17.9 Å². The number of benzene rings is 3. The highest BCUT2D eigenvalue weighted by molar-refractivity contribution is 5.88. The van der Waals surface area contributed by atoms with Gasteiger partial charge in [-0.2, -0.15) is 8.78 Å². The van der Waals surface area contributed by atoms with Crippen LogP contribution in [-0.2, 0) is 14.4 Å². The summed E-state index contributed by atoms with van der Waals surface area (Å²) in [5, 5.41) is 0. The van der Waals surface area contributed by atoms with Crippen molar-refractivity contribution in [3.8, 4) is 45.3 Å². The molecule has 0 heterocycles. The molecule has 0 aromatic heterocycles. The Balaban J connectivity index is 2.14. The fraction of sp³-hybridized carbons (Fsp3) is 0. The van der Waals surface area contributed by atoms with Crippen LogP contribution in [0.3, 0.4) is 0 Å². The minimum absolute atomic E-state index is 0.00389. The summed E-state index contributed by atoms with van der Waals surface area (Å²) < 4.78 is 46.6. The molecule has 0 unspecified atom stereocenters. The maximum Gasteiger partial charge on any atom is 0.335 e. The van der Waals surface area contributed by atoms with Crippen molar-refractivity contribution in [3.05, 3.63) is 111 Å². The first kappa shape index (κ1) is 27.3. The van der Waals surface area contributed by atoms with Crippen LogP contribution in [0.5, 0.6) is 23.0 Å². The number of halogens is 2. The lowest BCUT2D eigenvalue weighted by Gasteiger charge is -2.16. The minimum Gasteiger partial charge on any atom is -0.459 e. The summed E-state index contributed by atoms with van der Waals surface area (Å²) in [6.45, 7) is 10.1. The first-order chi connectivity index (χ1) is 18.2. The number of carbonyl (C=O) groups excluding carboxylic acids is 3. The molecule has 38 heavy (non-hydrogen) atoms. The van der Waals surface area contributed by atoms with Crippen LogP contribution in [0.2, 0.25) is 0 Å². The molecule has 3 aromatic carbocycles. The van der Waals surface area contributed by atoms with Gasteiger partial charge in [-0.1, -0.05) is 44.0 Å². The SMILES string of the molecule is C=CC(=O)Oc1ccc(-c2cc(OC(=O)C=C)c(-c3ccc(OC(=O)C=C)cc3)cc2OC=C(F)F)cc1. The molecule has 192 valence electrons. The molecule has 0 aliphatic carbocycles. The van der Waals surface area contributed by atoms with Gasteiger partial charge in [0.1, 0.15) is 23.0 Å².